The lowest BCUT2D eigenvalue weighted by Crippen LogP contribution is -2.47. The smallest absolute Gasteiger partial charge is 0.220 e. The molecule has 206 valence electrons. The Hall–Kier alpha value is -2.59. The zero-order valence-corrected chi connectivity index (χ0v) is 25.6. The highest BCUT2D eigenvalue weighted by atomic mass is 32.2. The standard InChI is InChI=1S/C29H41N3O4SSi/c1-22-18-31-27(19-30-22)28(36-38(7,8)29(3,4)5)23(2)37(33,34)32(20-24-12-10-9-11-13-24)21-25-14-16-26(35-6)17-15-25/h9-19,23,28H,20-21H2,1-8H3/t23-,28+/m1/s1. The third-order valence-electron chi connectivity index (χ3n) is 7.30. The monoisotopic (exact) mass is 555 g/mol. The molecular weight excluding hydrogens is 514 g/mol. The van der Waals surface area contributed by atoms with Crippen molar-refractivity contribution in [2.45, 2.75) is 77.2 Å². The second-order valence-corrected chi connectivity index (χ2v) is 18.3. The van der Waals surface area contributed by atoms with Crippen LogP contribution in [0.1, 0.15) is 56.3 Å². The first-order valence-electron chi connectivity index (χ1n) is 12.9. The largest absolute Gasteiger partial charge is 0.497 e. The van der Waals surface area contributed by atoms with Crippen molar-refractivity contribution in [2.75, 3.05) is 7.11 Å². The van der Waals surface area contributed by atoms with Crippen LogP contribution in [0.2, 0.25) is 18.1 Å². The number of rotatable bonds is 11. The van der Waals surface area contributed by atoms with Crippen LogP contribution in [-0.4, -0.2) is 43.4 Å². The molecule has 0 radical (unpaired) electrons. The molecule has 0 unspecified atom stereocenters. The Morgan fingerprint density at radius 3 is 2.00 bits per heavy atom. The molecule has 3 aromatic rings. The van der Waals surface area contributed by atoms with Gasteiger partial charge in [-0.15, -0.1) is 0 Å². The topological polar surface area (TPSA) is 81.6 Å². The Balaban J connectivity index is 2.04. The van der Waals surface area contributed by atoms with Crippen molar-refractivity contribution >= 4 is 18.3 Å². The Bertz CT molecular complexity index is 1280. The molecule has 0 aliphatic heterocycles. The van der Waals surface area contributed by atoms with Crippen molar-refractivity contribution in [3.8, 4) is 5.75 Å². The number of aromatic nitrogens is 2. The Morgan fingerprint density at radius 2 is 1.50 bits per heavy atom. The maximum absolute atomic E-state index is 14.4. The molecular formula is C29H41N3O4SSi. The van der Waals surface area contributed by atoms with Gasteiger partial charge in [-0.1, -0.05) is 63.2 Å². The zero-order chi connectivity index (χ0) is 28.1. The summed E-state index contributed by atoms with van der Waals surface area (Å²) < 4.78 is 42.3. The van der Waals surface area contributed by atoms with Crippen LogP contribution >= 0.6 is 0 Å². The molecule has 0 saturated heterocycles. The van der Waals surface area contributed by atoms with Gasteiger partial charge >= 0.3 is 0 Å². The van der Waals surface area contributed by atoms with Crippen molar-refractivity contribution < 1.29 is 17.6 Å². The summed E-state index contributed by atoms with van der Waals surface area (Å²) in [4.78, 5) is 8.97. The molecule has 0 saturated carbocycles. The molecule has 0 N–H and O–H groups in total. The summed E-state index contributed by atoms with van der Waals surface area (Å²) in [5.41, 5.74) is 3.07. The van der Waals surface area contributed by atoms with E-state index in [4.69, 9.17) is 9.16 Å². The highest BCUT2D eigenvalue weighted by Crippen LogP contribution is 2.41. The maximum atomic E-state index is 14.4. The first-order valence-corrected chi connectivity index (χ1v) is 17.3. The third kappa shape index (κ3) is 7.28. The maximum Gasteiger partial charge on any atom is 0.220 e. The van der Waals surface area contributed by atoms with Crippen LogP contribution in [-0.2, 0) is 27.5 Å². The molecule has 2 atom stereocenters. The van der Waals surface area contributed by atoms with Gasteiger partial charge in [0.15, 0.2) is 8.32 Å². The second kappa shape index (κ2) is 12.1. The predicted molar refractivity (Wildman–Crippen MR) is 155 cm³/mol. The van der Waals surface area contributed by atoms with Crippen molar-refractivity contribution in [1.29, 1.82) is 0 Å². The first-order chi connectivity index (χ1) is 17.7. The van der Waals surface area contributed by atoms with Crippen LogP contribution in [0.3, 0.4) is 0 Å². The van der Waals surface area contributed by atoms with Gasteiger partial charge in [-0.25, -0.2) is 8.42 Å². The molecule has 0 spiro atoms. The number of hydrogen-bond donors (Lipinski definition) is 0. The average molecular weight is 556 g/mol. The summed E-state index contributed by atoms with van der Waals surface area (Å²) in [6.07, 6.45) is 2.54. The summed E-state index contributed by atoms with van der Waals surface area (Å²) >= 11 is 0. The molecule has 0 fully saturated rings. The Labute approximate surface area is 229 Å². The average Bonchev–Trinajstić information content (AvgIpc) is 2.87. The number of nitrogens with zero attached hydrogens (tertiary/aromatic N) is 3. The SMILES string of the molecule is COc1ccc(CN(Cc2ccccc2)S(=O)(=O)[C@H](C)[C@H](O[Si](C)(C)C(C)(C)C)c2cnc(C)cn2)cc1. The van der Waals surface area contributed by atoms with E-state index in [0.29, 0.717) is 5.69 Å². The van der Waals surface area contributed by atoms with Gasteiger partial charge in [-0.2, -0.15) is 4.31 Å². The molecule has 2 aromatic carbocycles. The quantitative estimate of drug-likeness (QED) is 0.259. The number of ether oxygens (including phenoxy) is 1. The lowest BCUT2D eigenvalue weighted by atomic mass is 10.2. The molecule has 7 nitrogen and oxygen atoms in total. The van der Waals surface area contributed by atoms with Gasteiger partial charge < -0.3 is 9.16 Å². The van der Waals surface area contributed by atoms with Gasteiger partial charge in [0.1, 0.15) is 17.1 Å². The fraction of sp³-hybridized carbons (Fsp3) is 0.448. The predicted octanol–water partition coefficient (Wildman–Crippen LogP) is 6.28. The molecule has 38 heavy (non-hydrogen) atoms. The van der Waals surface area contributed by atoms with E-state index in [1.807, 2.05) is 61.5 Å². The molecule has 0 amide bonds. The van der Waals surface area contributed by atoms with E-state index in [0.717, 1.165) is 22.6 Å². The van der Waals surface area contributed by atoms with Gasteiger partial charge in [-0.3, -0.25) is 9.97 Å². The van der Waals surface area contributed by atoms with Crippen LogP contribution in [0.4, 0.5) is 0 Å². The van der Waals surface area contributed by atoms with E-state index >= 15 is 0 Å². The normalized spacial score (nSPS) is 14.3. The minimum absolute atomic E-state index is 0.111. The van der Waals surface area contributed by atoms with Crippen LogP contribution in [0.5, 0.6) is 5.75 Å². The first kappa shape index (κ1) is 30.0. The fourth-order valence-electron chi connectivity index (χ4n) is 3.79. The van der Waals surface area contributed by atoms with Gasteiger partial charge in [-0.05, 0) is 55.2 Å². The zero-order valence-electron chi connectivity index (χ0n) is 23.8. The molecule has 1 aromatic heterocycles. The minimum atomic E-state index is -3.86. The van der Waals surface area contributed by atoms with Crippen LogP contribution in [0.25, 0.3) is 0 Å². The summed E-state index contributed by atoms with van der Waals surface area (Å²) in [7, 11) is -4.61. The van der Waals surface area contributed by atoms with Crippen LogP contribution < -0.4 is 4.74 Å². The van der Waals surface area contributed by atoms with E-state index in [2.05, 4.69) is 43.8 Å². The Kier molecular flexibility index (Phi) is 9.51. The van der Waals surface area contributed by atoms with Crippen molar-refractivity contribution in [3.63, 3.8) is 0 Å². The van der Waals surface area contributed by atoms with E-state index in [-0.39, 0.29) is 18.1 Å². The van der Waals surface area contributed by atoms with Gasteiger partial charge in [0, 0.05) is 19.3 Å². The van der Waals surface area contributed by atoms with Crippen molar-refractivity contribution in [1.82, 2.24) is 14.3 Å². The fourth-order valence-corrected chi connectivity index (χ4v) is 6.84. The summed E-state index contributed by atoms with van der Waals surface area (Å²) in [6, 6.07) is 17.1. The number of aryl methyl sites for hydroxylation is 1. The van der Waals surface area contributed by atoms with Crippen LogP contribution in [0, 0.1) is 6.92 Å². The molecule has 0 aliphatic rings. The molecule has 3 rings (SSSR count). The van der Waals surface area contributed by atoms with Crippen molar-refractivity contribution in [3.05, 3.63) is 89.5 Å². The van der Waals surface area contributed by atoms with Crippen molar-refractivity contribution in [2.24, 2.45) is 0 Å². The van der Waals surface area contributed by atoms with Gasteiger partial charge in [0.05, 0.1) is 24.7 Å². The molecule has 0 bridgehead atoms. The van der Waals surface area contributed by atoms with E-state index in [1.165, 1.54) is 0 Å². The molecule has 0 aliphatic carbocycles. The minimum Gasteiger partial charge on any atom is -0.497 e. The van der Waals surface area contributed by atoms with Crippen LogP contribution in [0.15, 0.2) is 67.0 Å². The summed E-state index contributed by atoms with van der Waals surface area (Å²) in [5.74, 6) is 0.723. The molecule has 9 heteroatoms. The van der Waals surface area contributed by atoms with Gasteiger partial charge in [0.2, 0.25) is 10.0 Å². The highest BCUT2D eigenvalue weighted by molar-refractivity contribution is 7.89. The number of hydrogen-bond acceptors (Lipinski definition) is 6. The third-order valence-corrected chi connectivity index (χ3v) is 13.9. The summed E-state index contributed by atoms with van der Waals surface area (Å²) in [5, 5.41) is -1.00. The number of methoxy groups -OCH3 is 1. The van der Waals surface area contributed by atoms with E-state index < -0.39 is 29.7 Å². The highest BCUT2D eigenvalue weighted by Gasteiger charge is 2.44. The summed E-state index contributed by atoms with van der Waals surface area (Å²) in [6.45, 7) is 14.7. The van der Waals surface area contributed by atoms with E-state index in [1.54, 1.807) is 30.7 Å². The lowest BCUT2D eigenvalue weighted by Gasteiger charge is -2.41. The second-order valence-electron chi connectivity index (χ2n) is 11.2. The molecule has 1 heterocycles. The number of sulfonamides is 1. The Morgan fingerprint density at radius 1 is 0.921 bits per heavy atom. The van der Waals surface area contributed by atoms with E-state index in [9.17, 15) is 8.42 Å². The number of benzene rings is 2. The van der Waals surface area contributed by atoms with Gasteiger partial charge in [0.25, 0.3) is 0 Å². The lowest BCUT2D eigenvalue weighted by molar-refractivity contribution is 0.173.